The van der Waals surface area contributed by atoms with Gasteiger partial charge in [-0.3, -0.25) is 4.90 Å². The fourth-order valence-corrected chi connectivity index (χ4v) is 3.19. The summed E-state index contributed by atoms with van der Waals surface area (Å²) in [5.41, 5.74) is 2.83. The Labute approximate surface area is 109 Å². The molecule has 2 atom stereocenters. The van der Waals surface area contributed by atoms with Crippen LogP contribution in [-0.4, -0.2) is 37.7 Å². The van der Waals surface area contributed by atoms with Crippen molar-refractivity contribution >= 4 is 0 Å². The molecule has 0 amide bonds. The van der Waals surface area contributed by atoms with Crippen molar-refractivity contribution in [3.63, 3.8) is 0 Å². The standard InChI is InChI=1S/C15H22N2O/c1-16-13-6-4-8-17(9-13)15-11-18-10-12-5-2-3-7-14(12)15/h2-3,5,7,13,15-16H,4,6,8-11H2,1H3. The predicted octanol–water partition coefficient (Wildman–Crippen LogP) is 1.94. The van der Waals surface area contributed by atoms with Crippen LogP contribution in [0.2, 0.25) is 0 Å². The normalized spacial score (nSPS) is 28.9. The monoisotopic (exact) mass is 246 g/mol. The van der Waals surface area contributed by atoms with Gasteiger partial charge in [0.1, 0.15) is 0 Å². The number of nitrogens with one attached hydrogen (secondary N) is 1. The average molecular weight is 246 g/mol. The first kappa shape index (κ1) is 12.2. The maximum absolute atomic E-state index is 5.77. The van der Waals surface area contributed by atoms with E-state index in [9.17, 15) is 0 Å². The van der Waals surface area contributed by atoms with Crippen LogP contribution in [0.3, 0.4) is 0 Å². The Kier molecular flexibility index (Phi) is 3.64. The number of piperidine rings is 1. The van der Waals surface area contributed by atoms with E-state index < -0.39 is 0 Å². The Bertz CT molecular complexity index is 407. The van der Waals surface area contributed by atoms with Crippen molar-refractivity contribution in [1.82, 2.24) is 10.2 Å². The molecular weight excluding hydrogens is 224 g/mol. The molecule has 2 unspecified atom stereocenters. The van der Waals surface area contributed by atoms with Crippen molar-refractivity contribution in [3.8, 4) is 0 Å². The van der Waals surface area contributed by atoms with Gasteiger partial charge in [0.25, 0.3) is 0 Å². The Morgan fingerprint density at radius 2 is 2.22 bits per heavy atom. The molecule has 2 aliphatic rings. The molecule has 3 heteroatoms. The maximum Gasteiger partial charge on any atom is 0.0721 e. The number of likely N-dealkylation sites (tertiary alicyclic amines) is 1. The van der Waals surface area contributed by atoms with Gasteiger partial charge in [-0.1, -0.05) is 24.3 Å². The molecule has 1 fully saturated rings. The van der Waals surface area contributed by atoms with E-state index in [4.69, 9.17) is 4.74 Å². The zero-order valence-corrected chi connectivity index (χ0v) is 11.1. The van der Waals surface area contributed by atoms with Gasteiger partial charge in [0, 0.05) is 12.6 Å². The van der Waals surface area contributed by atoms with Crippen LogP contribution in [-0.2, 0) is 11.3 Å². The quantitative estimate of drug-likeness (QED) is 0.863. The van der Waals surface area contributed by atoms with Gasteiger partial charge in [-0.2, -0.15) is 0 Å². The first-order valence-electron chi connectivity index (χ1n) is 6.95. The average Bonchev–Trinajstić information content (AvgIpc) is 2.47. The lowest BCUT2D eigenvalue weighted by Crippen LogP contribution is -2.47. The third-order valence-electron chi connectivity index (χ3n) is 4.25. The number of likely N-dealkylation sites (N-methyl/N-ethyl adjacent to an activating group) is 1. The van der Waals surface area contributed by atoms with Crippen molar-refractivity contribution in [2.75, 3.05) is 26.7 Å². The summed E-state index contributed by atoms with van der Waals surface area (Å²) in [5.74, 6) is 0. The summed E-state index contributed by atoms with van der Waals surface area (Å²) in [6.45, 7) is 3.95. The highest BCUT2D eigenvalue weighted by molar-refractivity contribution is 5.31. The van der Waals surface area contributed by atoms with E-state index in [0.717, 1.165) is 19.8 Å². The minimum absolute atomic E-state index is 0.450. The van der Waals surface area contributed by atoms with Crippen molar-refractivity contribution in [2.45, 2.75) is 31.5 Å². The first-order valence-corrected chi connectivity index (χ1v) is 6.95. The summed E-state index contributed by atoms with van der Waals surface area (Å²) in [6.07, 6.45) is 2.58. The molecule has 2 heterocycles. The molecule has 98 valence electrons. The van der Waals surface area contributed by atoms with Crippen molar-refractivity contribution < 1.29 is 4.74 Å². The number of ether oxygens (including phenoxy) is 1. The molecule has 0 saturated carbocycles. The summed E-state index contributed by atoms with van der Waals surface area (Å²) in [4.78, 5) is 2.59. The third-order valence-corrected chi connectivity index (χ3v) is 4.25. The molecule has 3 nitrogen and oxygen atoms in total. The van der Waals surface area contributed by atoms with Crippen LogP contribution in [0.25, 0.3) is 0 Å². The van der Waals surface area contributed by atoms with Crippen LogP contribution in [0.4, 0.5) is 0 Å². The number of fused-ring (bicyclic) bond motifs is 1. The molecule has 2 aliphatic heterocycles. The molecule has 1 aromatic carbocycles. The van der Waals surface area contributed by atoms with Crippen LogP contribution in [0.15, 0.2) is 24.3 Å². The predicted molar refractivity (Wildman–Crippen MR) is 72.5 cm³/mol. The minimum Gasteiger partial charge on any atom is -0.375 e. The highest BCUT2D eigenvalue weighted by Gasteiger charge is 2.29. The molecule has 1 saturated heterocycles. The lowest BCUT2D eigenvalue weighted by molar-refractivity contribution is 0.0197. The second-order valence-electron chi connectivity index (χ2n) is 5.35. The number of benzene rings is 1. The smallest absolute Gasteiger partial charge is 0.0721 e. The van der Waals surface area contributed by atoms with Crippen LogP contribution >= 0.6 is 0 Å². The van der Waals surface area contributed by atoms with Gasteiger partial charge in [0.05, 0.1) is 19.3 Å². The van der Waals surface area contributed by atoms with E-state index >= 15 is 0 Å². The molecule has 0 spiro atoms. The highest BCUT2D eigenvalue weighted by atomic mass is 16.5. The van der Waals surface area contributed by atoms with E-state index in [1.165, 1.54) is 30.5 Å². The van der Waals surface area contributed by atoms with Crippen LogP contribution < -0.4 is 5.32 Å². The van der Waals surface area contributed by atoms with E-state index in [-0.39, 0.29) is 0 Å². The molecule has 0 aromatic heterocycles. The molecule has 18 heavy (non-hydrogen) atoms. The van der Waals surface area contributed by atoms with Crippen molar-refractivity contribution in [3.05, 3.63) is 35.4 Å². The second-order valence-corrected chi connectivity index (χ2v) is 5.35. The topological polar surface area (TPSA) is 24.5 Å². The van der Waals surface area contributed by atoms with Gasteiger partial charge in [0.15, 0.2) is 0 Å². The van der Waals surface area contributed by atoms with Gasteiger partial charge < -0.3 is 10.1 Å². The summed E-state index contributed by atoms with van der Waals surface area (Å²) in [5, 5.41) is 3.41. The minimum atomic E-state index is 0.450. The first-order chi connectivity index (χ1) is 8.88. The van der Waals surface area contributed by atoms with Gasteiger partial charge in [-0.15, -0.1) is 0 Å². The Hall–Kier alpha value is -0.900. The van der Waals surface area contributed by atoms with Crippen molar-refractivity contribution in [2.24, 2.45) is 0 Å². The van der Waals surface area contributed by atoms with E-state index in [0.29, 0.717) is 12.1 Å². The number of rotatable bonds is 2. The molecule has 0 radical (unpaired) electrons. The van der Waals surface area contributed by atoms with Gasteiger partial charge >= 0.3 is 0 Å². The number of nitrogens with zero attached hydrogens (tertiary/aromatic N) is 1. The lowest BCUT2D eigenvalue weighted by Gasteiger charge is -2.40. The molecule has 3 rings (SSSR count). The van der Waals surface area contributed by atoms with E-state index in [2.05, 4.69) is 41.5 Å². The molecular formula is C15H22N2O. The zero-order chi connectivity index (χ0) is 12.4. The molecule has 1 aromatic rings. The van der Waals surface area contributed by atoms with E-state index in [1.54, 1.807) is 0 Å². The summed E-state index contributed by atoms with van der Waals surface area (Å²) >= 11 is 0. The largest absolute Gasteiger partial charge is 0.375 e. The second kappa shape index (κ2) is 5.39. The lowest BCUT2D eigenvalue weighted by atomic mass is 9.95. The van der Waals surface area contributed by atoms with Crippen LogP contribution in [0.1, 0.15) is 30.0 Å². The number of hydrogen-bond acceptors (Lipinski definition) is 3. The van der Waals surface area contributed by atoms with E-state index in [1.807, 2.05) is 0 Å². The highest BCUT2D eigenvalue weighted by Crippen LogP contribution is 2.31. The fourth-order valence-electron chi connectivity index (χ4n) is 3.19. The Balaban J connectivity index is 1.80. The zero-order valence-electron chi connectivity index (χ0n) is 11.1. The van der Waals surface area contributed by atoms with Gasteiger partial charge in [0.2, 0.25) is 0 Å². The molecule has 0 aliphatic carbocycles. The molecule has 0 bridgehead atoms. The van der Waals surface area contributed by atoms with Crippen LogP contribution in [0, 0.1) is 0 Å². The summed E-state index contributed by atoms with van der Waals surface area (Å²) in [7, 11) is 2.07. The fraction of sp³-hybridized carbons (Fsp3) is 0.600. The molecule has 1 N–H and O–H groups in total. The van der Waals surface area contributed by atoms with Gasteiger partial charge in [-0.25, -0.2) is 0 Å². The Morgan fingerprint density at radius 3 is 3.11 bits per heavy atom. The van der Waals surface area contributed by atoms with Crippen molar-refractivity contribution in [1.29, 1.82) is 0 Å². The van der Waals surface area contributed by atoms with Crippen LogP contribution in [0.5, 0.6) is 0 Å². The Morgan fingerprint density at radius 1 is 1.33 bits per heavy atom. The summed E-state index contributed by atoms with van der Waals surface area (Å²) in [6, 6.07) is 9.80. The third kappa shape index (κ3) is 2.30. The summed E-state index contributed by atoms with van der Waals surface area (Å²) < 4.78 is 5.77. The SMILES string of the molecule is CNC1CCCN(C2COCc3ccccc32)C1. The van der Waals surface area contributed by atoms with Gasteiger partial charge in [-0.05, 0) is 37.6 Å². The maximum atomic E-state index is 5.77. The number of hydrogen-bond donors (Lipinski definition) is 1.